The maximum Gasteiger partial charge on any atom is 0.317 e. The maximum absolute atomic E-state index is 11.0. The summed E-state index contributed by atoms with van der Waals surface area (Å²) in [4.78, 5) is 12.9. The first-order chi connectivity index (χ1) is 10.2. The van der Waals surface area contributed by atoms with E-state index in [4.69, 9.17) is 9.84 Å². The largest absolute Gasteiger partial charge is 0.480 e. The van der Waals surface area contributed by atoms with E-state index < -0.39 is 5.97 Å². The van der Waals surface area contributed by atoms with Crippen molar-refractivity contribution in [1.82, 2.24) is 9.47 Å². The number of aliphatic carboxylic acids is 1. The second-order valence-electron chi connectivity index (χ2n) is 5.05. The third kappa shape index (κ3) is 3.83. The Morgan fingerprint density at radius 3 is 2.81 bits per heavy atom. The zero-order valence-corrected chi connectivity index (χ0v) is 12.6. The molecule has 0 unspecified atom stereocenters. The summed E-state index contributed by atoms with van der Waals surface area (Å²) in [6.45, 7) is 4.78. The number of carbonyl (C=O) groups is 1. The third-order valence-electron chi connectivity index (χ3n) is 3.58. The number of nitrogens with zero attached hydrogens (tertiary/aromatic N) is 2. The molecule has 114 valence electrons. The zero-order chi connectivity index (χ0) is 15.2. The number of carboxylic acid groups (broad SMARTS) is 1. The van der Waals surface area contributed by atoms with Gasteiger partial charge in [0.15, 0.2) is 0 Å². The van der Waals surface area contributed by atoms with Gasteiger partial charge in [-0.25, -0.2) is 0 Å². The van der Waals surface area contributed by atoms with Crippen molar-refractivity contribution in [1.29, 1.82) is 0 Å². The second-order valence-corrected chi connectivity index (χ2v) is 5.05. The summed E-state index contributed by atoms with van der Waals surface area (Å²) in [7, 11) is 1.63. The molecule has 1 aromatic heterocycles. The van der Waals surface area contributed by atoms with Crippen molar-refractivity contribution in [2.45, 2.75) is 20.0 Å². The first kappa shape index (κ1) is 15.5. The van der Waals surface area contributed by atoms with Crippen LogP contribution in [0.25, 0.3) is 10.9 Å². The van der Waals surface area contributed by atoms with E-state index in [1.807, 2.05) is 17.0 Å². The van der Waals surface area contributed by atoms with Gasteiger partial charge in [0, 0.05) is 43.8 Å². The van der Waals surface area contributed by atoms with Crippen molar-refractivity contribution in [3.05, 3.63) is 36.0 Å². The van der Waals surface area contributed by atoms with E-state index in [1.165, 1.54) is 10.9 Å². The molecule has 2 rings (SSSR count). The van der Waals surface area contributed by atoms with E-state index in [9.17, 15) is 4.79 Å². The molecule has 1 aromatic carbocycles. The molecule has 0 aliphatic carbocycles. The van der Waals surface area contributed by atoms with Gasteiger partial charge in [0.2, 0.25) is 0 Å². The van der Waals surface area contributed by atoms with Crippen LogP contribution in [0.1, 0.15) is 12.5 Å². The van der Waals surface area contributed by atoms with Crippen LogP contribution in [0.2, 0.25) is 0 Å². The van der Waals surface area contributed by atoms with Gasteiger partial charge in [-0.05, 0) is 18.6 Å². The predicted octanol–water partition coefficient (Wildman–Crippen LogP) is 2.19. The van der Waals surface area contributed by atoms with Crippen LogP contribution < -0.4 is 0 Å². The van der Waals surface area contributed by atoms with E-state index >= 15 is 0 Å². The number of aryl methyl sites for hydroxylation is 1. The molecule has 0 saturated heterocycles. The van der Waals surface area contributed by atoms with Crippen LogP contribution in [0.3, 0.4) is 0 Å². The highest BCUT2D eigenvalue weighted by Crippen LogP contribution is 2.22. The molecule has 1 N–H and O–H groups in total. The van der Waals surface area contributed by atoms with Crippen molar-refractivity contribution in [3.8, 4) is 0 Å². The van der Waals surface area contributed by atoms with Crippen LogP contribution >= 0.6 is 0 Å². The number of benzene rings is 1. The monoisotopic (exact) mass is 290 g/mol. The highest BCUT2D eigenvalue weighted by Gasteiger charge is 2.14. The zero-order valence-electron chi connectivity index (χ0n) is 12.6. The van der Waals surface area contributed by atoms with Crippen LogP contribution in [0.15, 0.2) is 30.5 Å². The maximum atomic E-state index is 11.0. The molecule has 0 spiro atoms. The van der Waals surface area contributed by atoms with Crippen LogP contribution in [-0.2, 0) is 22.6 Å². The Balaban J connectivity index is 2.25. The van der Waals surface area contributed by atoms with Gasteiger partial charge in [-0.15, -0.1) is 0 Å². The molecule has 0 fully saturated rings. The van der Waals surface area contributed by atoms with E-state index in [0.29, 0.717) is 19.7 Å². The first-order valence-corrected chi connectivity index (χ1v) is 7.15. The number of fused-ring (bicyclic) bond motifs is 1. The van der Waals surface area contributed by atoms with Gasteiger partial charge in [-0.1, -0.05) is 18.2 Å². The highest BCUT2D eigenvalue weighted by molar-refractivity contribution is 5.84. The summed E-state index contributed by atoms with van der Waals surface area (Å²) in [5.74, 6) is -0.815. The molecule has 2 aromatic rings. The molecular formula is C16H22N2O3. The number of rotatable bonds is 8. The van der Waals surface area contributed by atoms with E-state index in [0.717, 1.165) is 12.1 Å². The van der Waals surface area contributed by atoms with Crippen LogP contribution in [-0.4, -0.2) is 47.3 Å². The van der Waals surface area contributed by atoms with E-state index in [1.54, 1.807) is 7.11 Å². The fourth-order valence-corrected chi connectivity index (χ4v) is 2.58. The Labute approximate surface area is 124 Å². The predicted molar refractivity (Wildman–Crippen MR) is 82.4 cm³/mol. The van der Waals surface area contributed by atoms with Gasteiger partial charge in [0.1, 0.15) is 0 Å². The molecule has 0 saturated carbocycles. The third-order valence-corrected chi connectivity index (χ3v) is 3.58. The number of hydrogen-bond acceptors (Lipinski definition) is 3. The Bertz CT molecular complexity index is 607. The molecular weight excluding hydrogens is 268 g/mol. The number of methoxy groups -OCH3 is 1. The highest BCUT2D eigenvalue weighted by atomic mass is 16.5. The molecule has 5 heteroatoms. The van der Waals surface area contributed by atoms with E-state index in [-0.39, 0.29) is 6.54 Å². The van der Waals surface area contributed by atoms with Crippen LogP contribution in [0.5, 0.6) is 0 Å². The number of para-hydroxylation sites is 1. The number of carboxylic acids is 1. The lowest BCUT2D eigenvalue weighted by Gasteiger charge is -2.19. The van der Waals surface area contributed by atoms with Crippen molar-refractivity contribution < 1.29 is 14.6 Å². The molecule has 0 radical (unpaired) electrons. The standard InChI is InChI=1S/C16H22N2O3/c1-3-18-11-13(14-6-4-5-7-15(14)18)10-17(8-9-21-2)12-16(19)20/h4-7,11H,3,8-10,12H2,1-2H3,(H,19,20). The fourth-order valence-electron chi connectivity index (χ4n) is 2.58. The minimum absolute atomic E-state index is 0.0228. The van der Waals surface area contributed by atoms with E-state index in [2.05, 4.69) is 29.8 Å². The Morgan fingerprint density at radius 2 is 2.14 bits per heavy atom. The SMILES string of the molecule is CCn1cc(CN(CCOC)CC(=O)O)c2ccccc21. The van der Waals surface area contributed by atoms with Crippen molar-refractivity contribution >= 4 is 16.9 Å². The lowest BCUT2D eigenvalue weighted by atomic mass is 10.1. The van der Waals surface area contributed by atoms with Crippen molar-refractivity contribution in [2.24, 2.45) is 0 Å². The molecule has 0 amide bonds. The topological polar surface area (TPSA) is 54.7 Å². The van der Waals surface area contributed by atoms with Crippen LogP contribution in [0.4, 0.5) is 0 Å². The molecule has 0 aliphatic rings. The van der Waals surface area contributed by atoms with Gasteiger partial charge in [0.05, 0.1) is 13.2 Å². The summed E-state index contributed by atoms with van der Waals surface area (Å²) in [6.07, 6.45) is 2.12. The lowest BCUT2D eigenvalue weighted by Crippen LogP contribution is -2.32. The van der Waals surface area contributed by atoms with Crippen LogP contribution in [0, 0.1) is 0 Å². The minimum atomic E-state index is -0.815. The fraction of sp³-hybridized carbons (Fsp3) is 0.438. The number of hydrogen-bond donors (Lipinski definition) is 1. The summed E-state index contributed by atoms with van der Waals surface area (Å²) in [5.41, 5.74) is 2.35. The van der Waals surface area contributed by atoms with Gasteiger partial charge in [-0.3, -0.25) is 9.69 Å². The molecule has 1 heterocycles. The molecule has 0 aliphatic heterocycles. The van der Waals surface area contributed by atoms with Crippen molar-refractivity contribution in [3.63, 3.8) is 0 Å². The molecule has 5 nitrogen and oxygen atoms in total. The van der Waals surface area contributed by atoms with Crippen molar-refractivity contribution in [2.75, 3.05) is 26.8 Å². The Hall–Kier alpha value is -1.85. The second kappa shape index (κ2) is 7.24. The number of ether oxygens (including phenoxy) is 1. The Kier molecular flexibility index (Phi) is 5.36. The molecule has 0 bridgehead atoms. The summed E-state index contributed by atoms with van der Waals surface area (Å²) >= 11 is 0. The number of aromatic nitrogens is 1. The lowest BCUT2D eigenvalue weighted by molar-refractivity contribution is -0.138. The average Bonchev–Trinajstić information content (AvgIpc) is 2.82. The Morgan fingerprint density at radius 1 is 1.38 bits per heavy atom. The van der Waals surface area contributed by atoms with Gasteiger partial charge in [0.25, 0.3) is 0 Å². The molecule has 21 heavy (non-hydrogen) atoms. The molecule has 0 atom stereocenters. The van der Waals surface area contributed by atoms with Gasteiger partial charge in [-0.2, -0.15) is 0 Å². The smallest absolute Gasteiger partial charge is 0.317 e. The minimum Gasteiger partial charge on any atom is -0.480 e. The quantitative estimate of drug-likeness (QED) is 0.810. The van der Waals surface area contributed by atoms with Gasteiger partial charge < -0.3 is 14.4 Å². The first-order valence-electron chi connectivity index (χ1n) is 7.15. The average molecular weight is 290 g/mol. The normalized spacial score (nSPS) is 11.4. The summed E-state index contributed by atoms with van der Waals surface area (Å²) in [6, 6.07) is 8.23. The van der Waals surface area contributed by atoms with Gasteiger partial charge >= 0.3 is 5.97 Å². The summed E-state index contributed by atoms with van der Waals surface area (Å²) in [5, 5.41) is 10.2. The summed E-state index contributed by atoms with van der Waals surface area (Å²) < 4.78 is 7.26.